The Kier molecular flexibility index (Phi) is 5.03. The van der Waals surface area contributed by atoms with Crippen LogP contribution in [0.15, 0.2) is 4.42 Å². The summed E-state index contributed by atoms with van der Waals surface area (Å²) in [5, 5.41) is 16.0. The number of pyridine rings is 1. The van der Waals surface area contributed by atoms with Gasteiger partial charge >= 0.3 is 12.4 Å². The van der Waals surface area contributed by atoms with Gasteiger partial charge in [-0.25, -0.2) is 4.98 Å². The van der Waals surface area contributed by atoms with Crippen molar-refractivity contribution in [1.82, 2.24) is 15.2 Å². The molecule has 0 aliphatic heterocycles. The molecule has 1 atom stereocenters. The van der Waals surface area contributed by atoms with E-state index in [-0.39, 0.29) is 6.42 Å². The first-order valence-corrected chi connectivity index (χ1v) is 7.32. The predicted molar refractivity (Wildman–Crippen MR) is 78.5 cm³/mol. The van der Waals surface area contributed by atoms with Gasteiger partial charge in [0, 0.05) is 0 Å². The van der Waals surface area contributed by atoms with E-state index in [1.165, 1.54) is 6.92 Å². The van der Waals surface area contributed by atoms with E-state index < -0.39 is 58.1 Å². The van der Waals surface area contributed by atoms with Crippen LogP contribution in [0.25, 0.3) is 11.6 Å². The Balaban J connectivity index is 2.68. The van der Waals surface area contributed by atoms with Crippen molar-refractivity contribution in [1.29, 1.82) is 0 Å². The topological polar surface area (TPSA) is 107 Å². The number of rotatable bonds is 4. The second kappa shape index (κ2) is 6.55. The molecule has 150 valence electrons. The fourth-order valence-corrected chi connectivity index (χ4v) is 2.23. The van der Waals surface area contributed by atoms with E-state index in [1.54, 1.807) is 0 Å². The predicted octanol–water partition coefficient (Wildman–Crippen LogP) is 3.07. The van der Waals surface area contributed by atoms with Crippen molar-refractivity contribution >= 4 is 5.69 Å². The van der Waals surface area contributed by atoms with Crippen molar-refractivity contribution in [2.45, 2.75) is 38.2 Å². The zero-order valence-electron chi connectivity index (χ0n) is 14.2. The highest BCUT2D eigenvalue weighted by Gasteiger charge is 2.55. The smallest absolute Gasteiger partial charge is 0.426 e. The van der Waals surface area contributed by atoms with Crippen molar-refractivity contribution in [3.05, 3.63) is 17.0 Å². The Morgan fingerprint density at radius 3 is 2.19 bits per heavy atom. The summed E-state index contributed by atoms with van der Waals surface area (Å²) in [7, 11) is 0.935. The number of nitrogens with zero attached hydrogens (tertiary/aromatic N) is 3. The van der Waals surface area contributed by atoms with Crippen molar-refractivity contribution in [3.8, 4) is 17.5 Å². The lowest BCUT2D eigenvalue weighted by Crippen LogP contribution is -2.39. The van der Waals surface area contributed by atoms with Crippen LogP contribution in [0, 0.1) is 0 Å². The number of hydrogen-bond acceptors (Lipinski definition) is 7. The van der Waals surface area contributed by atoms with Crippen molar-refractivity contribution in [2.75, 3.05) is 12.8 Å². The first kappa shape index (κ1) is 20.7. The lowest BCUT2D eigenvalue weighted by Gasteiger charge is -2.21. The van der Waals surface area contributed by atoms with Crippen LogP contribution in [-0.2, 0) is 18.2 Å². The minimum atomic E-state index is -5.14. The Morgan fingerprint density at radius 1 is 1.15 bits per heavy atom. The second-order valence-electron chi connectivity index (χ2n) is 5.57. The van der Waals surface area contributed by atoms with Gasteiger partial charge < -0.3 is 20.0 Å². The lowest BCUT2D eigenvalue weighted by atomic mass is 10.0. The van der Waals surface area contributed by atoms with Crippen molar-refractivity contribution < 1.29 is 40.6 Å². The minimum absolute atomic E-state index is 0.187. The number of hydrogen-bond donors (Lipinski definition) is 2. The Labute approximate surface area is 148 Å². The summed E-state index contributed by atoms with van der Waals surface area (Å²) < 4.78 is 88.0. The van der Waals surface area contributed by atoms with E-state index >= 15 is 0 Å². The quantitative estimate of drug-likeness (QED) is 0.760. The average molecular weight is 400 g/mol. The summed E-state index contributed by atoms with van der Waals surface area (Å²) in [6.07, 6.45) is -10.2. The number of ether oxygens (including phenoxy) is 1. The number of alkyl halides is 6. The molecule has 13 heteroatoms. The molecular formula is C14H14F6N4O3. The minimum Gasteiger partial charge on any atom is -0.481 e. The molecule has 0 saturated carbocycles. The van der Waals surface area contributed by atoms with Crippen molar-refractivity contribution in [3.63, 3.8) is 0 Å². The Hall–Kier alpha value is -2.57. The molecule has 0 spiro atoms. The van der Waals surface area contributed by atoms with Gasteiger partial charge in [0.05, 0.1) is 12.8 Å². The van der Waals surface area contributed by atoms with Crippen LogP contribution in [0.4, 0.5) is 32.0 Å². The number of halogens is 6. The number of anilines is 1. The SMILES string of the molecule is CCc1c(N)c(-c2nnc([C@](C)(O)C(F)(F)F)o2)nc(OC)c1C(F)(F)F. The molecule has 0 aliphatic carbocycles. The zero-order valence-corrected chi connectivity index (χ0v) is 14.2. The molecule has 0 amide bonds. The molecule has 2 heterocycles. The molecular weight excluding hydrogens is 386 g/mol. The molecule has 7 nitrogen and oxygen atoms in total. The van der Waals surface area contributed by atoms with E-state index in [1.807, 2.05) is 0 Å². The molecule has 3 N–H and O–H groups in total. The van der Waals surface area contributed by atoms with Gasteiger partial charge in [0.25, 0.3) is 11.8 Å². The summed E-state index contributed by atoms with van der Waals surface area (Å²) in [6.45, 7) is 1.77. The highest BCUT2D eigenvalue weighted by atomic mass is 19.4. The van der Waals surface area contributed by atoms with Crippen LogP contribution in [-0.4, -0.2) is 33.6 Å². The number of methoxy groups -OCH3 is 1. The summed E-state index contributed by atoms with van der Waals surface area (Å²) in [4.78, 5) is 3.57. The maximum Gasteiger partial charge on any atom is 0.426 e. The second-order valence-corrected chi connectivity index (χ2v) is 5.57. The van der Waals surface area contributed by atoms with Crippen LogP contribution < -0.4 is 10.5 Å². The van der Waals surface area contributed by atoms with Crippen LogP contribution in [0.5, 0.6) is 5.88 Å². The number of aromatic nitrogens is 3. The van der Waals surface area contributed by atoms with Gasteiger partial charge in [-0.15, -0.1) is 10.2 Å². The highest BCUT2D eigenvalue weighted by molar-refractivity contribution is 5.72. The van der Waals surface area contributed by atoms with Gasteiger partial charge in [-0.05, 0) is 18.9 Å². The van der Waals surface area contributed by atoms with Crippen LogP contribution >= 0.6 is 0 Å². The molecule has 0 aliphatic rings. The van der Waals surface area contributed by atoms with Gasteiger partial charge in [0.1, 0.15) is 5.56 Å². The number of nitrogens with two attached hydrogens (primary N) is 1. The molecule has 0 radical (unpaired) electrons. The van der Waals surface area contributed by atoms with Crippen molar-refractivity contribution in [2.24, 2.45) is 0 Å². The molecule has 27 heavy (non-hydrogen) atoms. The fourth-order valence-electron chi connectivity index (χ4n) is 2.23. The average Bonchev–Trinajstić information content (AvgIpc) is 3.02. The van der Waals surface area contributed by atoms with E-state index in [0.29, 0.717) is 6.92 Å². The first-order valence-electron chi connectivity index (χ1n) is 7.32. The normalized spacial score (nSPS) is 14.9. The largest absolute Gasteiger partial charge is 0.481 e. The summed E-state index contributed by atoms with van der Waals surface area (Å²) >= 11 is 0. The van der Waals surface area contributed by atoms with Crippen LogP contribution in [0.2, 0.25) is 0 Å². The molecule has 0 bridgehead atoms. The Morgan fingerprint density at radius 2 is 1.74 bits per heavy atom. The van der Waals surface area contributed by atoms with E-state index in [2.05, 4.69) is 19.9 Å². The van der Waals surface area contributed by atoms with Crippen LogP contribution in [0.3, 0.4) is 0 Å². The lowest BCUT2D eigenvalue weighted by molar-refractivity contribution is -0.266. The standard InChI is InChI=1S/C14H14F6N4O3/c1-4-5-6(13(15,16)17)9(26-3)22-8(7(5)21)10-23-24-11(27-10)12(2,25)14(18,19)20/h25H,4,21H2,1-3H3/t12-/m0/s1. The highest BCUT2D eigenvalue weighted by Crippen LogP contribution is 2.44. The van der Waals surface area contributed by atoms with Gasteiger partial charge in [-0.3, -0.25) is 0 Å². The van der Waals surface area contributed by atoms with Gasteiger partial charge in [-0.1, -0.05) is 6.92 Å². The third-order valence-electron chi connectivity index (χ3n) is 3.74. The molecule has 2 aromatic heterocycles. The monoisotopic (exact) mass is 400 g/mol. The molecule has 0 saturated heterocycles. The molecule has 2 rings (SSSR count). The van der Waals surface area contributed by atoms with Crippen LogP contribution in [0.1, 0.15) is 30.9 Å². The molecule has 0 aromatic carbocycles. The third-order valence-corrected chi connectivity index (χ3v) is 3.74. The first-order chi connectivity index (χ1) is 12.3. The summed E-state index contributed by atoms with van der Waals surface area (Å²) in [6, 6.07) is 0. The fraction of sp³-hybridized carbons (Fsp3) is 0.500. The maximum atomic E-state index is 13.3. The van der Waals surface area contributed by atoms with E-state index in [9.17, 15) is 31.4 Å². The maximum absolute atomic E-state index is 13.3. The van der Waals surface area contributed by atoms with E-state index in [0.717, 1.165) is 7.11 Å². The summed E-state index contributed by atoms with van der Waals surface area (Å²) in [5.41, 5.74) is -0.363. The van der Waals surface area contributed by atoms with E-state index in [4.69, 9.17) is 10.2 Å². The zero-order chi connectivity index (χ0) is 20.8. The van der Waals surface area contributed by atoms with Gasteiger partial charge in [0.2, 0.25) is 11.5 Å². The molecule has 2 aromatic rings. The third kappa shape index (κ3) is 3.50. The summed E-state index contributed by atoms with van der Waals surface area (Å²) in [5.74, 6) is -2.78. The number of aliphatic hydroxyl groups is 1. The number of nitrogen functional groups attached to an aromatic ring is 1. The van der Waals surface area contributed by atoms with Gasteiger partial charge in [-0.2, -0.15) is 26.3 Å². The van der Waals surface area contributed by atoms with Gasteiger partial charge in [0.15, 0.2) is 5.69 Å². The molecule has 0 unspecified atom stereocenters. The molecule has 0 fully saturated rings. The Bertz CT molecular complexity index is 845.